The van der Waals surface area contributed by atoms with E-state index >= 15 is 0 Å². The van der Waals surface area contributed by atoms with Gasteiger partial charge in [0.05, 0.1) is 5.02 Å². The van der Waals surface area contributed by atoms with E-state index in [0.29, 0.717) is 16.1 Å². The Balaban J connectivity index is 2.11. The van der Waals surface area contributed by atoms with Crippen LogP contribution in [0.5, 0.6) is 0 Å². The van der Waals surface area contributed by atoms with Gasteiger partial charge in [0, 0.05) is 28.5 Å². The highest BCUT2D eigenvalue weighted by molar-refractivity contribution is 6.34. The van der Waals surface area contributed by atoms with Crippen LogP contribution in [0.3, 0.4) is 0 Å². The predicted octanol–water partition coefficient (Wildman–Crippen LogP) is 3.92. The summed E-state index contributed by atoms with van der Waals surface area (Å²) in [5.41, 5.74) is 2.37. The highest BCUT2D eigenvalue weighted by Crippen LogP contribution is 2.22. The maximum Gasteiger partial charge on any atom is 0.251 e. The maximum atomic E-state index is 12.5. The second-order valence-corrected chi connectivity index (χ2v) is 5.59. The molecule has 0 atom stereocenters. The molecule has 4 heteroatoms. The number of nitrogens with one attached hydrogen (secondary N) is 1. The van der Waals surface area contributed by atoms with Gasteiger partial charge in [0.1, 0.15) is 0 Å². The van der Waals surface area contributed by atoms with Gasteiger partial charge in [-0.15, -0.1) is 0 Å². The number of Topliss-reactive ketones (excluding diaryl/α,β-unsaturated/α-hetero) is 1. The van der Waals surface area contributed by atoms with Crippen molar-refractivity contribution >= 4 is 28.3 Å². The van der Waals surface area contributed by atoms with Crippen LogP contribution in [0.4, 0.5) is 0 Å². The van der Waals surface area contributed by atoms with Crippen LogP contribution in [-0.2, 0) is 6.42 Å². The summed E-state index contributed by atoms with van der Waals surface area (Å²) in [5.74, 6) is -0.0931. The van der Waals surface area contributed by atoms with Crippen molar-refractivity contribution in [3.63, 3.8) is 0 Å². The standard InChI is InChI=1S/C18H14ClNO2/c1-11-14(10-17(21)13-7-2-4-8-15(13)19)12-6-3-5-9-16(12)20-18(11)22/h2-9H,10H2,1H3,(H,20,22). The predicted molar refractivity (Wildman–Crippen MR) is 88.8 cm³/mol. The highest BCUT2D eigenvalue weighted by Gasteiger charge is 2.15. The molecule has 0 aliphatic heterocycles. The fourth-order valence-electron chi connectivity index (χ4n) is 2.58. The van der Waals surface area contributed by atoms with E-state index in [0.717, 1.165) is 16.5 Å². The first-order valence-electron chi connectivity index (χ1n) is 6.96. The van der Waals surface area contributed by atoms with E-state index in [2.05, 4.69) is 4.98 Å². The molecular weight excluding hydrogens is 298 g/mol. The van der Waals surface area contributed by atoms with Gasteiger partial charge in [-0.1, -0.05) is 41.9 Å². The van der Waals surface area contributed by atoms with E-state index in [1.165, 1.54) is 0 Å². The van der Waals surface area contributed by atoms with Gasteiger partial charge in [-0.25, -0.2) is 0 Å². The molecule has 0 amide bonds. The van der Waals surface area contributed by atoms with Gasteiger partial charge in [-0.3, -0.25) is 9.59 Å². The third-order valence-electron chi connectivity index (χ3n) is 3.81. The molecular formula is C18H14ClNO2. The Morgan fingerprint density at radius 1 is 1.09 bits per heavy atom. The molecule has 110 valence electrons. The molecule has 2 aromatic carbocycles. The van der Waals surface area contributed by atoms with E-state index in [1.807, 2.05) is 24.3 Å². The quantitative estimate of drug-likeness (QED) is 0.745. The molecule has 0 aliphatic carbocycles. The summed E-state index contributed by atoms with van der Waals surface area (Å²) < 4.78 is 0. The van der Waals surface area contributed by atoms with E-state index in [4.69, 9.17) is 11.6 Å². The van der Waals surface area contributed by atoms with Gasteiger partial charge in [0.15, 0.2) is 5.78 Å². The molecule has 22 heavy (non-hydrogen) atoms. The minimum atomic E-state index is -0.166. The van der Waals surface area contributed by atoms with E-state index in [-0.39, 0.29) is 17.8 Å². The largest absolute Gasteiger partial charge is 0.322 e. The number of carbonyl (C=O) groups excluding carboxylic acids is 1. The number of pyridine rings is 1. The minimum Gasteiger partial charge on any atom is -0.322 e. The molecule has 0 unspecified atom stereocenters. The number of para-hydroxylation sites is 1. The van der Waals surface area contributed by atoms with Crippen LogP contribution in [0, 0.1) is 6.92 Å². The summed E-state index contributed by atoms with van der Waals surface area (Å²) >= 11 is 6.09. The molecule has 0 spiro atoms. The lowest BCUT2D eigenvalue weighted by Crippen LogP contribution is -2.15. The second-order valence-electron chi connectivity index (χ2n) is 5.18. The zero-order valence-corrected chi connectivity index (χ0v) is 12.8. The number of aromatic amines is 1. The first-order chi connectivity index (χ1) is 10.6. The third-order valence-corrected chi connectivity index (χ3v) is 4.13. The fraction of sp³-hybridized carbons (Fsp3) is 0.111. The monoisotopic (exact) mass is 311 g/mol. The second kappa shape index (κ2) is 5.78. The maximum absolute atomic E-state index is 12.5. The summed E-state index contributed by atoms with van der Waals surface area (Å²) in [5, 5.41) is 1.32. The van der Waals surface area contributed by atoms with E-state index < -0.39 is 0 Å². The third kappa shape index (κ3) is 2.55. The molecule has 0 bridgehead atoms. The van der Waals surface area contributed by atoms with Crippen molar-refractivity contribution in [1.82, 2.24) is 4.98 Å². The van der Waals surface area contributed by atoms with Crippen molar-refractivity contribution in [1.29, 1.82) is 0 Å². The number of ketones is 1. The topological polar surface area (TPSA) is 49.9 Å². The van der Waals surface area contributed by atoms with Gasteiger partial charge in [-0.05, 0) is 30.7 Å². The number of carbonyl (C=O) groups is 1. The molecule has 3 nitrogen and oxygen atoms in total. The Kier molecular flexibility index (Phi) is 3.82. The van der Waals surface area contributed by atoms with Crippen molar-refractivity contribution in [3.8, 4) is 0 Å². The molecule has 0 radical (unpaired) electrons. The van der Waals surface area contributed by atoms with E-state index in [1.54, 1.807) is 31.2 Å². The molecule has 3 rings (SSSR count). The van der Waals surface area contributed by atoms with Gasteiger partial charge < -0.3 is 4.98 Å². The van der Waals surface area contributed by atoms with Crippen LogP contribution in [0.15, 0.2) is 53.3 Å². The Labute approximate surface area is 132 Å². The molecule has 1 aromatic heterocycles. The lowest BCUT2D eigenvalue weighted by Gasteiger charge is -2.10. The molecule has 0 fully saturated rings. The van der Waals surface area contributed by atoms with Crippen molar-refractivity contribution < 1.29 is 4.79 Å². The Bertz CT molecular complexity index is 928. The number of fused-ring (bicyclic) bond motifs is 1. The first kappa shape index (κ1) is 14.5. The van der Waals surface area contributed by atoms with Crippen molar-refractivity contribution in [3.05, 3.63) is 80.6 Å². The molecule has 3 aromatic rings. The number of aromatic nitrogens is 1. The van der Waals surface area contributed by atoms with Gasteiger partial charge in [0.2, 0.25) is 0 Å². The average molecular weight is 312 g/mol. The molecule has 1 heterocycles. The summed E-state index contributed by atoms with van der Waals surface area (Å²) in [4.78, 5) is 27.4. The molecule has 1 N–H and O–H groups in total. The van der Waals surface area contributed by atoms with Crippen molar-refractivity contribution in [2.24, 2.45) is 0 Å². The van der Waals surface area contributed by atoms with Crippen LogP contribution in [0.25, 0.3) is 10.9 Å². The summed E-state index contributed by atoms with van der Waals surface area (Å²) in [6.45, 7) is 1.74. The fourth-order valence-corrected chi connectivity index (χ4v) is 2.82. The summed E-state index contributed by atoms with van der Waals surface area (Å²) in [6, 6.07) is 14.5. The summed E-state index contributed by atoms with van der Waals surface area (Å²) in [7, 11) is 0. The SMILES string of the molecule is Cc1c(CC(=O)c2ccccc2Cl)c2ccccc2[nH]c1=O. The van der Waals surface area contributed by atoms with Crippen LogP contribution in [0.1, 0.15) is 21.5 Å². The Morgan fingerprint density at radius 3 is 2.55 bits per heavy atom. The summed E-state index contributed by atoms with van der Waals surface area (Å²) in [6.07, 6.45) is 0.153. The lowest BCUT2D eigenvalue weighted by atomic mass is 9.96. The average Bonchev–Trinajstić information content (AvgIpc) is 2.52. The van der Waals surface area contributed by atoms with Crippen molar-refractivity contribution in [2.45, 2.75) is 13.3 Å². The number of benzene rings is 2. The van der Waals surface area contributed by atoms with Gasteiger partial charge in [-0.2, -0.15) is 0 Å². The molecule has 0 saturated carbocycles. The number of H-pyrrole nitrogens is 1. The Hall–Kier alpha value is -2.39. The van der Waals surface area contributed by atoms with Crippen molar-refractivity contribution in [2.75, 3.05) is 0 Å². The lowest BCUT2D eigenvalue weighted by molar-refractivity contribution is 0.0993. The molecule has 0 saturated heterocycles. The molecule has 0 aliphatic rings. The van der Waals surface area contributed by atoms with Crippen LogP contribution in [-0.4, -0.2) is 10.8 Å². The number of rotatable bonds is 3. The number of hydrogen-bond acceptors (Lipinski definition) is 2. The van der Waals surface area contributed by atoms with Crippen LogP contribution < -0.4 is 5.56 Å². The normalized spacial score (nSPS) is 10.8. The van der Waals surface area contributed by atoms with Crippen LogP contribution >= 0.6 is 11.6 Å². The number of halogens is 1. The zero-order valence-electron chi connectivity index (χ0n) is 12.0. The Morgan fingerprint density at radius 2 is 1.77 bits per heavy atom. The zero-order chi connectivity index (χ0) is 15.7. The van der Waals surface area contributed by atoms with E-state index in [9.17, 15) is 9.59 Å². The smallest absolute Gasteiger partial charge is 0.251 e. The number of hydrogen-bond donors (Lipinski definition) is 1. The highest BCUT2D eigenvalue weighted by atomic mass is 35.5. The van der Waals surface area contributed by atoms with Gasteiger partial charge in [0.25, 0.3) is 5.56 Å². The van der Waals surface area contributed by atoms with Gasteiger partial charge >= 0.3 is 0 Å². The first-order valence-corrected chi connectivity index (χ1v) is 7.34. The van der Waals surface area contributed by atoms with Crippen LogP contribution in [0.2, 0.25) is 5.02 Å². The minimum absolute atomic E-state index is 0.0931.